The SMILES string of the molecule is [2H][C@@](C(=O)NC1CCOC1)(c1cncnc1)N(C(=O)[C@H](F)Cl)c1ccc(OC(F)(F)F)cc1. The van der Waals surface area contributed by atoms with Crippen LogP contribution in [0.3, 0.4) is 0 Å². The van der Waals surface area contributed by atoms with Gasteiger partial charge in [0.05, 0.1) is 14.0 Å². The second-order valence-electron chi connectivity index (χ2n) is 6.53. The first-order chi connectivity index (χ1) is 15.5. The molecule has 32 heavy (non-hydrogen) atoms. The number of rotatable bonds is 7. The van der Waals surface area contributed by atoms with Crippen molar-refractivity contribution in [3.05, 3.63) is 48.5 Å². The highest BCUT2D eigenvalue weighted by Gasteiger charge is 2.37. The van der Waals surface area contributed by atoms with Crippen LogP contribution in [-0.4, -0.2) is 53.0 Å². The summed E-state index contributed by atoms with van der Waals surface area (Å²) in [6.45, 7) is 0.522. The van der Waals surface area contributed by atoms with Gasteiger partial charge in [0, 0.05) is 30.3 Å². The minimum atomic E-state index is -4.97. The molecule has 0 aliphatic carbocycles. The van der Waals surface area contributed by atoms with Gasteiger partial charge in [-0.1, -0.05) is 11.6 Å². The van der Waals surface area contributed by atoms with Gasteiger partial charge in [0.1, 0.15) is 18.1 Å². The van der Waals surface area contributed by atoms with Crippen LogP contribution in [0.2, 0.25) is 0 Å². The number of nitrogens with one attached hydrogen (secondary N) is 1. The number of carbonyl (C=O) groups is 2. The van der Waals surface area contributed by atoms with Crippen LogP contribution in [0.25, 0.3) is 0 Å². The number of benzene rings is 1. The van der Waals surface area contributed by atoms with E-state index in [9.17, 15) is 27.2 Å². The first kappa shape index (κ1) is 22.2. The molecule has 2 aromatic rings. The van der Waals surface area contributed by atoms with E-state index in [0.717, 1.165) is 43.0 Å². The molecular formula is C19H17ClF4N4O4. The van der Waals surface area contributed by atoms with Crippen molar-refractivity contribution in [2.75, 3.05) is 18.1 Å². The van der Waals surface area contributed by atoms with E-state index >= 15 is 0 Å². The lowest BCUT2D eigenvalue weighted by molar-refractivity contribution is -0.274. The third kappa shape index (κ3) is 6.04. The van der Waals surface area contributed by atoms with E-state index in [1.54, 1.807) is 0 Å². The van der Waals surface area contributed by atoms with E-state index in [1.807, 2.05) is 0 Å². The van der Waals surface area contributed by atoms with Gasteiger partial charge in [0.25, 0.3) is 11.5 Å². The Morgan fingerprint density at radius 1 is 1.28 bits per heavy atom. The second kappa shape index (κ2) is 10.1. The Bertz CT molecular complexity index is 978. The lowest BCUT2D eigenvalue weighted by Crippen LogP contribution is -2.48. The zero-order valence-electron chi connectivity index (χ0n) is 17.2. The van der Waals surface area contributed by atoms with Crippen LogP contribution >= 0.6 is 11.6 Å². The average Bonchev–Trinajstić information content (AvgIpc) is 3.27. The van der Waals surface area contributed by atoms with Crippen molar-refractivity contribution in [3.8, 4) is 5.75 Å². The van der Waals surface area contributed by atoms with E-state index in [2.05, 4.69) is 20.0 Å². The first-order valence-electron chi connectivity index (χ1n) is 9.64. The molecule has 1 saturated heterocycles. The molecule has 3 rings (SSSR count). The summed E-state index contributed by atoms with van der Waals surface area (Å²) in [6.07, 6.45) is -1.27. The van der Waals surface area contributed by atoms with E-state index in [0.29, 0.717) is 17.9 Å². The zero-order chi connectivity index (χ0) is 24.2. The number of alkyl halides is 5. The first-order valence-corrected chi connectivity index (χ1v) is 9.58. The summed E-state index contributed by atoms with van der Waals surface area (Å²) in [5.41, 5.74) is -3.19. The van der Waals surface area contributed by atoms with Gasteiger partial charge in [-0.2, -0.15) is 0 Å². The lowest BCUT2D eigenvalue weighted by atomic mass is 10.1. The maximum atomic E-state index is 14.0. The van der Waals surface area contributed by atoms with Crippen molar-refractivity contribution >= 4 is 29.1 Å². The van der Waals surface area contributed by atoms with E-state index in [1.165, 1.54) is 0 Å². The third-order valence-corrected chi connectivity index (χ3v) is 4.46. The molecule has 1 aliphatic heterocycles. The molecule has 3 atom stereocenters. The standard InChI is InChI=1S/C19H17ClF4N4O4/c20-16(21)18(30)28(13-1-3-14(4-2-13)32-19(22,23)24)15(11-7-25-10-26-8-11)17(29)27-12-5-6-31-9-12/h1-4,7-8,10,12,15-16H,5-6,9H2,(H,27,29)/t12?,15-,16-/m0/s1/i15D. The maximum absolute atomic E-state index is 14.0. The van der Waals surface area contributed by atoms with E-state index < -0.39 is 41.6 Å². The van der Waals surface area contributed by atoms with Gasteiger partial charge in [-0.25, -0.2) is 14.4 Å². The smallest absolute Gasteiger partial charge is 0.406 e. The van der Waals surface area contributed by atoms with E-state index in [4.69, 9.17) is 17.7 Å². The van der Waals surface area contributed by atoms with Crippen LogP contribution in [-0.2, 0) is 14.3 Å². The third-order valence-electron chi connectivity index (χ3n) is 4.27. The number of hydrogen-bond acceptors (Lipinski definition) is 6. The predicted octanol–water partition coefficient (Wildman–Crippen LogP) is 2.89. The zero-order valence-corrected chi connectivity index (χ0v) is 16.9. The minimum Gasteiger partial charge on any atom is -0.406 e. The topological polar surface area (TPSA) is 93.6 Å². The normalized spacial score (nSPS) is 19.4. The molecule has 2 amide bonds. The Balaban J connectivity index is 2.08. The molecule has 1 aromatic carbocycles. The molecule has 172 valence electrons. The molecule has 8 nitrogen and oxygen atoms in total. The van der Waals surface area contributed by atoms with Crippen molar-refractivity contribution in [1.82, 2.24) is 15.3 Å². The number of carbonyl (C=O) groups excluding carboxylic acids is 2. The summed E-state index contributed by atoms with van der Waals surface area (Å²) < 4.78 is 69.4. The fourth-order valence-corrected chi connectivity index (χ4v) is 3.04. The summed E-state index contributed by atoms with van der Waals surface area (Å²) in [5.74, 6) is -3.18. The largest absolute Gasteiger partial charge is 0.573 e. The van der Waals surface area contributed by atoms with Crippen molar-refractivity contribution in [1.29, 1.82) is 0 Å². The summed E-state index contributed by atoms with van der Waals surface area (Å²) in [5, 5.41) is 2.56. The molecule has 0 bridgehead atoms. The van der Waals surface area contributed by atoms with Gasteiger partial charge >= 0.3 is 6.36 Å². The van der Waals surface area contributed by atoms with Crippen LogP contribution < -0.4 is 15.0 Å². The number of anilines is 1. The summed E-state index contributed by atoms with van der Waals surface area (Å²) in [7, 11) is 0. The molecule has 2 heterocycles. The van der Waals surface area contributed by atoms with Crippen LogP contribution in [0.15, 0.2) is 43.0 Å². The van der Waals surface area contributed by atoms with Gasteiger partial charge in [-0.3, -0.25) is 14.5 Å². The van der Waals surface area contributed by atoms with Crippen LogP contribution in [0, 0.1) is 0 Å². The summed E-state index contributed by atoms with van der Waals surface area (Å²) in [4.78, 5) is 34.0. The Labute approximate surface area is 185 Å². The maximum Gasteiger partial charge on any atom is 0.573 e. The average molecular weight is 478 g/mol. The molecule has 0 spiro atoms. The number of ether oxygens (including phenoxy) is 2. The number of aromatic nitrogens is 2. The molecule has 1 unspecified atom stereocenters. The Kier molecular flexibility index (Phi) is 7.00. The molecule has 13 heteroatoms. The van der Waals surface area contributed by atoms with Crippen LogP contribution in [0.4, 0.5) is 23.2 Å². The van der Waals surface area contributed by atoms with Crippen molar-refractivity contribution in [3.63, 3.8) is 0 Å². The highest BCUT2D eigenvalue weighted by Crippen LogP contribution is 2.32. The number of halogens is 5. The highest BCUT2D eigenvalue weighted by atomic mass is 35.5. The van der Waals surface area contributed by atoms with Crippen molar-refractivity contribution < 1.29 is 38.0 Å². The fraction of sp³-hybridized carbons (Fsp3) is 0.368. The van der Waals surface area contributed by atoms with Gasteiger partial charge in [0.2, 0.25) is 5.91 Å². The molecule has 1 fully saturated rings. The van der Waals surface area contributed by atoms with Gasteiger partial charge in [0.15, 0.2) is 0 Å². The van der Waals surface area contributed by atoms with E-state index in [-0.39, 0.29) is 17.9 Å². The summed E-state index contributed by atoms with van der Waals surface area (Å²) >= 11 is 5.36. The van der Waals surface area contributed by atoms with Crippen LogP contribution in [0.5, 0.6) is 5.75 Å². The Morgan fingerprint density at radius 2 is 1.94 bits per heavy atom. The van der Waals surface area contributed by atoms with Gasteiger partial charge in [-0.15, -0.1) is 13.2 Å². The van der Waals surface area contributed by atoms with Gasteiger partial charge < -0.3 is 14.8 Å². The number of nitrogens with zero attached hydrogens (tertiary/aromatic N) is 3. The molecular weight excluding hydrogens is 460 g/mol. The summed E-state index contributed by atoms with van der Waals surface area (Å²) in [6, 6.07) is 0.439. The molecule has 1 N–H and O–H groups in total. The van der Waals surface area contributed by atoms with Gasteiger partial charge in [-0.05, 0) is 30.7 Å². The van der Waals surface area contributed by atoms with Crippen molar-refractivity contribution in [2.45, 2.75) is 30.5 Å². The Morgan fingerprint density at radius 3 is 2.47 bits per heavy atom. The molecule has 0 saturated carbocycles. The Hall–Kier alpha value is -2.99. The number of amides is 2. The minimum absolute atomic E-state index is 0.159. The monoisotopic (exact) mass is 477 g/mol. The number of hydrogen-bond donors (Lipinski definition) is 1. The quantitative estimate of drug-likeness (QED) is 0.487. The van der Waals surface area contributed by atoms with Crippen LogP contribution in [0.1, 0.15) is 19.4 Å². The van der Waals surface area contributed by atoms with Crippen molar-refractivity contribution in [2.24, 2.45) is 0 Å². The fourth-order valence-electron chi connectivity index (χ4n) is 2.95. The highest BCUT2D eigenvalue weighted by molar-refractivity contribution is 6.32. The predicted molar refractivity (Wildman–Crippen MR) is 103 cm³/mol. The second-order valence-corrected chi connectivity index (χ2v) is 6.91. The molecule has 0 radical (unpaired) electrons. The lowest BCUT2D eigenvalue weighted by Gasteiger charge is -2.32. The molecule has 1 aliphatic rings. The molecule has 1 aromatic heterocycles.